The quantitative estimate of drug-likeness (QED) is 0.586. The van der Waals surface area contributed by atoms with Crippen LogP contribution < -0.4 is 10.2 Å². The predicted molar refractivity (Wildman–Crippen MR) is 108 cm³/mol. The SMILES string of the molecule is CC(CCc1ccccc1)NC(=O)c1cc([N+](=O)[O-])ccc1N1CCOCC1. The van der Waals surface area contributed by atoms with Crippen molar-refractivity contribution in [2.45, 2.75) is 25.8 Å². The minimum atomic E-state index is -0.474. The number of hydrogen-bond donors (Lipinski definition) is 1. The number of nitro benzene ring substituents is 1. The maximum absolute atomic E-state index is 12.9. The number of non-ortho nitro benzene ring substituents is 1. The number of anilines is 1. The zero-order valence-electron chi connectivity index (χ0n) is 16.0. The standard InChI is InChI=1S/C21H25N3O4/c1-16(7-8-17-5-3-2-4-6-17)22-21(25)19-15-18(24(26)27)9-10-20(19)23-11-13-28-14-12-23/h2-6,9-10,15-16H,7-8,11-14H2,1H3,(H,22,25). The zero-order valence-corrected chi connectivity index (χ0v) is 16.0. The Kier molecular flexibility index (Phi) is 6.60. The second-order valence-corrected chi connectivity index (χ2v) is 6.96. The van der Waals surface area contributed by atoms with Gasteiger partial charge in [0.25, 0.3) is 11.6 Å². The van der Waals surface area contributed by atoms with Gasteiger partial charge in [-0.2, -0.15) is 0 Å². The third-order valence-corrected chi connectivity index (χ3v) is 4.87. The molecule has 0 saturated carbocycles. The first-order valence-corrected chi connectivity index (χ1v) is 9.50. The summed E-state index contributed by atoms with van der Waals surface area (Å²) < 4.78 is 5.37. The topological polar surface area (TPSA) is 84.7 Å². The van der Waals surface area contributed by atoms with E-state index in [9.17, 15) is 14.9 Å². The lowest BCUT2D eigenvalue weighted by molar-refractivity contribution is -0.384. The van der Waals surface area contributed by atoms with Crippen LogP contribution in [0.15, 0.2) is 48.5 Å². The minimum absolute atomic E-state index is 0.0514. The first-order valence-electron chi connectivity index (χ1n) is 9.50. The number of aryl methyl sites for hydroxylation is 1. The number of nitro groups is 1. The fourth-order valence-electron chi connectivity index (χ4n) is 3.30. The van der Waals surface area contributed by atoms with Crippen LogP contribution in [-0.4, -0.2) is 43.2 Å². The molecular weight excluding hydrogens is 358 g/mol. The van der Waals surface area contributed by atoms with E-state index in [-0.39, 0.29) is 17.6 Å². The van der Waals surface area contributed by atoms with Crippen molar-refractivity contribution in [3.8, 4) is 0 Å². The number of benzene rings is 2. The van der Waals surface area contributed by atoms with Crippen LogP contribution in [-0.2, 0) is 11.2 Å². The highest BCUT2D eigenvalue weighted by molar-refractivity contribution is 6.00. The van der Waals surface area contributed by atoms with Gasteiger partial charge >= 0.3 is 0 Å². The average molecular weight is 383 g/mol. The average Bonchev–Trinajstić information content (AvgIpc) is 2.73. The molecule has 0 radical (unpaired) electrons. The van der Waals surface area contributed by atoms with Gasteiger partial charge < -0.3 is 15.0 Å². The van der Waals surface area contributed by atoms with Crippen LogP contribution in [0.5, 0.6) is 0 Å². The Hall–Kier alpha value is -2.93. The summed E-state index contributed by atoms with van der Waals surface area (Å²) in [6.45, 7) is 4.41. The van der Waals surface area contributed by atoms with Gasteiger partial charge in [-0.15, -0.1) is 0 Å². The van der Waals surface area contributed by atoms with Gasteiger partial charge in [0.1, 0.15) is 0 Å². The molecule has 1 aliphatic rings. The Morgan fingerprint density at radius 3 is 2.61 bits per heavy atom. The number of rotatable bonds is 7. The maximum Gasteiger partial charge on any atom is 0.270 e. The molecule has 1 atom stereocenters. The maximum atomic E-state index is 12.9. The second-order valence-electron chi connectivity index (χ2n) is 6.96. The molecule has 0 spiro atoms. The highest BCUT2D eigenvalue weighted by atomic mass is 16.6. The molecule has 1 fully saturated rings. The normalized spacial score (nSPS) is 15.1. The van der Waals surface area contributed by atoms with E-state index in [0.29, 0.717) is 37.6 Å². The van der Waals surface area contributed by atoms with Crippen LogP contribution in [0.3, 0.4) is 0 Å². The molecule has 28 heavy (non-hydrogen) atoms. The molecular formula is C21H25N3O4. The molecule has 2 aromatic carbocycles. The summed E-state index contributed by atoms with van der Waals surface area (Å²) in [6, 6.07) is 14.5. The highest BCUT2D eigenvalue weighted by Crippen LogP contribution is 2.26. The number of carbonyl (C=O) groups excluding carboxylic acids is 1. The third kappa shape index (κ3) is 5.07. The van der Waals surface area contributed by atoms with Crippen LogP contribution in [0.4, 0.5) is 11.4 Å². The van der Waals surface area contributed by atoms with Crippen LogP contribution in [0.25, 0.3) is 0 Å². The Balaban J connectivity index is 1.72. The van der Waals surface area contributed by atoms with E-state index in [1.54, 1.807) is 6.07 Å². The number of nitrogens with one attached hydrogen (secondary N) is 1. The van der Waals surface area contributed by atoms with Gasteiger partial charge in [0, 0.05) is 31.3 Å². The minimum Gasteiger partial charge on any atom is -0.378 e. The third-order valence-electron chi connectivity index (χ3n) is 4.87. The monoisotopic (exact) mass is 383 g/mol. The number of nitrogens with zero attached hydrogens (tertiary/aromatic N) is 2. The summed E-state index contributed by atoms with van der Waals surface area (Å²) in [7, 11) is 0. The van der Waals surface area contributed by atoms with E-state index in [0.717, 1.165) is 12.8 Å². The molecule has 148 valence electrons. The molecule has 0 bridgehead atoms. The van der Waals surface area contributed by atoms with Gasteiger partial charge in [-0.25, -0.2) is 0 Å². The van der Waals surface area contributed by atoms with Crippen LogP contribution in [0.2, 0.25) is 0 Å². The van der Waals surface area contributed by atoms with Crippen molar-refractivity contribution in [2.75, 3.05) is 31.2 Å². The van der Waals surface area contributed by atoms with E-state index in [4.69, 9.17) is 4.74 Å². The van der Waals surface area contributed by atoms with Crippen molar-refractivity contribution in [2.24, 2.45) is 0 Å². The summed E-state index contributed by atoms with van der Waals surface area (Å²) in [6.07, 6.45) is 1.64. The van der Waals surface area contributed by atoms with Gasteiger partial charge in [-0.3, -0.25) is 14.9 Å². The molecule has 2 aromatic rings. The number of hydrogen-bond acceptors (Lipinski definition) is 5. The largest absolute Gasteiger partial charge is 0.378 e. The predicted octanol–water partition coefficient (Wildman–Crippen LogP) is 3.18. The fourth-order valence-corrected chi connectivity index (χ4v) is 3.30. The molecule has 0 aromatic heterocycles. The fraction of sp³-hybridized carbons (Fsp3) is 0.381. The smallest absolute Gasteiger partial charge is 0.270 e. The molecule has 1 N–H and O–H groups in total. The second kappa shape index (κ2) is 9.32. The van der Waals surface area contributed by atoms with Crippen LogP contribution >= 0.6 is 0 Å². The van der Waals surface area contributed by atoms with Crippen LogP contribution in [0, 0.1) is 10.1 Å². The van der Waals surface area contributed by atoms with E-state index in [1.165, 1.54) is 17.7 Å². The molecule has 1 aliphatic heterocycles. The lowest BCUT2D eigenvalue weighted by Crippen LogP contribution is -2.39. The molecule has 0 aliphatic carbocycles. The molecule has 3 rings (SSSR count). The van der Waals surface area contributed by atoms with Gasteiger partial charge in [0.2, 0.25) is 0 Å². The first kappa shape index (κ1) is 19.8. The highest BCUT2D eigenvalue weighted by Gasteiger charge is 2.22. The van der Waals surface area contributed by atoms with Crippen molar-refractivity contribution in [3.63, 3.8) is 0 Å². The van der Waals surface area contributed by atoms with Gasteiger partial charge in [-0.05, 0) is 31.4 Å². The van der Waals surface area contributed by atoms with Crippen molar-refractivity contribution in [1.82, 2.24) is 5.32 Å². The zero-order chi connectivity index (χ0) is 19.9. The molecule has 7 heteroatoms. The van der Waals surface area contributed by atoms with E-state index in [1.807, 2.05) is 30.0 Å². The van der Waals surface area contributed by atoms with Gasteiger partial charge in [0.05, 0.1) is 29.4 Å². The van der Waals surface area contributed by atoms with Gasteiger partial charge in [0.15, 0.2) is 0 Å². The Morgan fingerprint density at radius 1 is 1.21 bits per heavy atom. The van der Waals surface area contributed by atoms with E-state index < -0.39 is 4.92 Å². The molecule has 1 saturated heterocycles. The van der Waals surface area contributed by atoms with E-state index >= 15 is 0 Å². The van der Waals surface area contributed by atoms with Crippen LogP contribution in [0.1, 0.15) is 29.3 Å². The lowest BCUT2D eigenvalue weighted by atomic mass is 10.0. The molecule has 1 heterocycles. The van der Waals surface area contributed by atoms with Gasteiger partial charge in [-0.1, -0.05) is 30.3 Å². The summed E-state index contributed by atoms with van der Waals surface area (Å²) >= 11 is 0. The summed E-state index contributed by atoms with van der Waals surface area (Å²) in [5.74, 6) is -0.286. The van der Waals surface area contributed by atoms with Crippen molar-refractivity contribution in [1.29, 1.82) is 0 Å². The number of morpholine rings is 1. The lowest BCUT2D eigenvalue weighted by Gasteiger charge is -2.30. The molecule has 1 unspecified atom stereocenters. The van der Waals surface area contributed by atoms with Crippen molar-refractivity contribution < 1.29 is 14.5 Å². The summed E-state index contributed by atoms with van der Waals surface area (Å²) in [5.41, 5.74) is 2.18. The number of carbonyl (C=O) groups is 1. The van der Waals surface area contributed by atoms with Crippen molar-refractivity contribution >= 4 is 17.3 Å². The molecule has 7 nitrogen and oxygen atoms in total. The number of ether oxygens (including phenoxy) is 1. The summed E-state index contributed by atoms with van der Waals surface area (Å²) in [4.78, 5) is 25.7. The number of amides is 1. The first-order chi connectivity index (χ1) is 13.5. The molecule has 1 amide bonds. The Bertz CT molecular complexity index is 820. The van der Waals surface area contributed by atoms with Crippen molar-refractivity contribution in [3.05, 3.63) is 69.8 Å². The summed E-state index contributed by atoms with van der Waals surface area (Å²) in [5, 5.41) is 14.2. The Labute approximate surface area is 164 Å². The Morgan fingerprint density at radius 2 is 1.93 bits per heavy atom. The van der Waals surface area contributed by atoms with E-state index in [2.05, 4.69) is 17.4 Å².